The van der Waals surface area contributed by atoms with Crippen molar-refractivity contribution < 1.29 is 39.6 Å². The summed E-state index contributed by atoms with van der Waals surface area (Å²) in [5.74, 6) is -7.55. The number of aromatic nitrogens is 1. The Morgan fingerprint density at radius 3 is 2.64 bits per heavy atom. The molecular formula is C28H25N3O8. The first-order valence-electron chi connectivity index (χ1n) is 12.2. The molecule has 11 heteroatoms. The van der Waals surface area contributed by atoms with Gasteiger partial charge in [-0.05, 0) is 42.0 Å². The number of benzene rings is 1. The van der Waals surface area contributed by atoms with Crippen LogP contribution < -0.4 is 21.5 Å². The highest BCUT2D eigenvalue weighted by Gasteiger charge is 2.59. The van der Waals surface area contributed by atoms with Gasteiger partial charge in [0, 0.05) is 48.3 Å². The minimum Gasteiger partial charge on any atom is -0.508 e. The fraction of sp³-hybridized carbons (Fsp3) is 0.250. The molecule has 2 aromatic rings. The molecule has 11 nitrogen and oxygen atoms in total. The number of nitrogens with two attached hydrogens (primary N) is 1. The van der Waals surface area contributed by atoms with Gasteiger partial charge in [0.1, 0.15) is 22.8 Å². The molecule has 0 unspecified atom stereocenters. The highest BCUT2D eigenvalue weighted by atomic mass is 16.3. The predicted molar refractivity (Wildman–Crippen MR) is 137 cm³/mol. The number of ketones is 2. The third-order valence-corrected chi connectivity index (χ3v) is 7.63. The summed E-state index contributed by atoms with van der Waals surface area (Å²) in [6.45, 7) is 1.63. The number of hydrogen-bond acceptors (Lipinski definition) is 9. The Labute approximate surface area is 221 Å². The van der Waals surface area contributed by atoms with Crippen molar-refractivity contribution in [2.45, 2.75) is 31.9 Å². The normalized spacial score (nSPS) is 24.5. The van der Waals surface area contributed by atoms with Gasteiger partial charge in [0.25, 0.3) is 11.8 Å². The van der Waals surface area contributed by atoms with Crippen molar-refractivity contribution in [2.75, 3.05) is 0 Å². The van der Waals surface area contributed by atoms with Crippen LogP contribution in [-0.2, 0) is 20.9 Å². The number of phenolic OH excluding ortho intramolecular Hbond substituents is 1. The predicted octanol–water partition coefficient (Wildman–Crippen LogP) is -0.213. The number of aliphatic hydroxyl groups excluding tert-OH is 2. The second-order valence-electron chi connectivity index (χ2n) is 9.75. The maximum absolute atomic E-state index is 13.6. The number of amides is 2. The second kappa shape index (κ2) is 9.21. The highest BCUT2D eigenvalue weighted by molar-refractivity contribution is 6.23. The third kappa shape index (κ3) is 3.81. The second-order valence-corrected chi connectivity index (χ2v) is 9.75. The Hall–Kier alpha value is -4.77. The van der Waals surface area contributed by atoms with E-state index < -0.39 is 64.3 Å². The van der Waals surface area contributed by atoms with Gasteiger partial charge in [-0.1, -0.05) is 12.2 Å². The van der Waals surface area contributed by atoms with Crippen LogP contribution in [0, 0.1) is 11.8 Å². The molecule has 3 atom stereocenters. The summed E-state index contributed by atoms with van der Waals surface area (Å²) >= 11 is 0. The number of phenols is 1. The molecule has 0 bridgehead atoms. The first-order chi connectivity index (χ1) is 18.5. The average molecular weight is 532 g/mol. The molecule has 1 aromatic heterocycles. The van der Waals surface area contributed by atoms with Crippen molar-refractivity contribution in [3.63, 3.8) is 0 Å². The Morgan fingerprint density at radius 2 is 2.00 bits per heavy atom. The van der Waals surface area contributed by atoms with E-state index in [9.17, 15) is 39.6 Å². The van der Waals surface area contributed by atoms with E-state index in [0.717, 1.165) is 0 Å². The van der Waals surface area contributed by atoms with Crippen LogP contribution in [0.2, 0.25) is 0 Å². The minimum absolute atomic E-state index is 0.00421. The van der Waals surface area contributed by atoms with Crippen LogP contribution in [0.15, 0.2) is 47.5 Å². The fourth-order valence-corrected chi connectivity index (χ4v) is 5.69. The number of nitrogens with zero attached hydrogens (tertiary/aromatic N) is 1. The van der Waals surface area contributed by atoms with Gasteiger partial charge in [-0.3, -0.25) is 24.2 Å². The lowest BCUT2D eigenvalue weighted by Gasteiger charge is -2.44. The molecule has 0 radical (unpaired) electrons. The first-order valence-corrected chi connectivity index (χ1v) is 12.2. The average Bonchev–Trinajstić information content (AvgIpc) is 2.90. The zero-order valence-corrected chi connectivity index (χ0v) is 20.8. The molecule has 39 heavy (non-hydrogen) atoms. The molecule has 1 heterocycles. The monoisotopic (exact) mass is 531 g/mol. The van der Waals surface area contributed by atoms with E-state index in [0.29, 0.717) is 16.0 Å². The quantitative estimate of drug-likeness (QED) is 0.289. The topological polar surface area (TPSA) is 200 Å². The van der Waals surface area contributed by atoms with Crippen LogP contribution >= 0.6 is 0 Å². The number of aliphatic hydroxyl groups is 3. The Balaban J connectivity index is 1.61. The number of primary amides is 1. The molecule has 7 N–H and O–H groups in total. The van der Waals surface area contributed by atoms with E-state index in [4.69, 9.17) is 5.73 Å². The summed E-state index contributed by atoms with van der Waals surface area (Å²) in [4.78, 5) is 54.3. The molecule has 0 saturated heterocycles. The summed E-state index contributed by atoms with van der Waals surface area (Å²) < 4.78 is 0. The van der Waals surface area contributed by atoms with Gasteiger partial charge in [-0.15, -0.1) is 0 Å². The molecule has 1 fully saturated rings. The molecule has 1 aromatic carbocycles. The number of aromatic hydroxyl groups is 1. The molecule has 3 aliphatic rings. The molecule has 0 spiro atoms. The molecule has 2 amide bonds. The number of rotatable bonds is 4. The van der Waals surface area contributed by atoms with Gasteiger partial charge in [-0.2, -0.15) is 0 Å². The van der Waals surface area contributed by atoms with E-state index in [2.05, 4.69) is 10.3 Å². The fourth-order valence-electron chi connectivity index (χ4n) is 5.69. The summed E-state index contributed by atoms with van der Waals surface area (Å²) in [7, 11) is 0. The summed E-state index contributed by atoms with van der Waals surface area (Å²) in [6, 6.07) is 4.82. The van der Waals surface area contributed by atoms with Crippen LogP contribution in [-0.4, -0.2) is 54.4 Å². The summed E-state index contributed by atoms with van der Waals surface area (Å²) in [5, 5.41) is 48.2. The smallest absolute Gasteiger partial charge is 0.255 e. The number of Topliss-reactive ketones (excluding diaryl/α,β-unsaturated/α-hetero) is 2. The lowest BCUT2D eigenvalue weighted by atomic mass is 9.60. The maximum Gasteiger partial charge on any atom is 0.255 e. The Kier molecular flexibility index (Phi) is 6.11. The van der Waals surface area contributed by atoms with Crippen LogP contribution in [0.5, 0.6) is 5.75 Å². The van der Waals surface area contributed by atoms with Gasteiger partial charge in [0.2, 0.25) is 5.78 Å². The molecule has 5 rings (SSSR count). The number of carbonyl (C=O) groups is 4. The van der Waals surface area contributed by atoms with Crippen LogP contribution in [0.25, 0.3) is 17.9 Å². The maximum atomic E-state index is 13.6. The Bertz CT molecular complexity index is 1660. The zero-order valence-electron chi connectivity index (χ0n) is 20.8. The van der Waals surface area contributed by atoms with E-state index in [1.807, 2.05) is 0 Å². The summed E-state index contributed by atoms with van der Waals surface area (Å²) in [5.41, 5.74) is 1.92. The standard InChI is InChI=1S/C28H25N3O8/c1-2-12-6-15(11-31-27(38)13-4-3-5-30-10-13)22(33)20-17(12)8-14-7-16-9-18(32)21(26(29)37)25(36)28(16,39)24(35)19(14)23(20)34/h2-6,8,10,14,16,33-34,36,39H,7,9,11H2,1H3,(H2,29,37)(H,31,38)/b12-2-/t14-,16+,28+/m1/s1. The van der Waals surface area contributed by atoms with Crippen LogP contribution in [0.3, 0.4) is 0 Å². The van der Waals surface area contributed by atoms with Crippen molar-refractivity contribution in [3.8, 4) is 5.75 Å². The van der Waals surface area contributed by atoms with Gasteiger partial charge >= 0.3 is 0 Å². The lowest BCUT2D eigenvalue weighted by molar-refractivity contribution is -0.146. The minimum atomic E-state index is -2.64. The molecular weight excluding hydrogens is 506 g/mol. The van der Waals surface area contributed by atoms with Crippen molar-refractivity contribution in [1.29, 1.82) is 0 Å². The van der Waals surface area contributed by atoms with Crippen LogP contribution in [0.1, 0.15) is 41.3 Å². The van der Waals surface area contributed by atoms with Gasteiger partial charge in [-0.25, -0.2) is 0 Å². The third-order valence-electron chi connectivity index (χ3n) is 7.63. The Morgan fingerprint density at radius 1 is 1.26 bits per heavy atom. The SMILES string of the molecule is C/C=c1/cc(CNC(=O)c2cccnc2)c(O)c2c1=C[C@H]1C[C@H]3CC(=O)C(C(N)=O)=C(O)[C@@]3(O)C(=O)C1=C2O. The number of carbonyl (C=O) groups excluding carboxylic acids is 4. The lowest BCUT2D eigenvalue weighted by Crippen LogP contribution is -2.58. The van der Waals surface area contributed by atoms with Crippen molar-refractivity contribution in [1.82, 2.24) is 10.3 Å². The van der Waals surface area contributed by atoms with Gasteiger partial charge in [0.15, 0.2) is 11.4 Å². The van der Waals surface area contributed by atoms with Gasteiger partial charge < -0.3 is 31.5 Å². The first kappa shape index (κ1) is 25.9. The van der Waals surface area contributed by atoms with Crippen LogP contribution in [0.4, 0.5) is 0 Å². The van der Waals surface area contributed by atoms with Gasteiger partial charge in [0.05, 0.1) is 11.1 Å². The molecule has 0 aliphatic heterocycles. The molecule has 3 aliphatic carbocycles. The van der Waals surface area contributed by atoms with Crippen molar-refractivity contribution >= 4 is 41.3 Å². The number of nitrogens with one attached hydrogen (secondary N) is 1. The highest BCUT2D eigenvalue weighted by Crippen LogP contribution is 2.49. The molecule has 200 valence electrons. The summed E-state index contributed by atoms with van der Waals surface area (Å²) in [6.07, 6.45) is 5.90. The van der Waals surface area contributed by atoms with E-state index in [-0.39, 0.29) is 35.4 Å². The number of pyridine rings is 1. The van der Waals surface area contributed by atoms with E-state index >= 15 is 0 Å². The number of fused-ring (bicyclic) bond motifs is 3. The van der Waals surface area contributed by atoms with E-state index in [1.54, 1.807) is 37.3 Å². The van der Waals surface area contributed by atoms with Crippen molar-refractivity contribution in [3.05, 3.63) is 74.6 Å². The van der Waals surface area contributed by atoms with E-state index in [1.165, 1.54) is 12.4 Å². The number of hydrogen-bond donors (Lipinski definition) is 6. The van der Waals surface area contributed by atoms with Crippen molar-refractivity contribution in [2.24, 2.45) is 17.6 Å². The molecule has 1 saturated carbocycles. The largest absolute Gasteiger partial charge is 0.508 e. The zero-order chi connectivity index (χ0) is 28.2.